The van der Waals surface area contributed by atoms with Crippen LogP contribution in [0.25, 0.3) is 0 Å². The average Bonchev–Trinajstić information content (AvgIpc) is 2.07. The molecule has 1 aromatic rings. The molecule has 0 fully saturated rings. The molecule has 0 saturated heterocycles. The van der Waals surface area contributed by atoms with Gasteiger partial charge in [-0.3, -0.25) is 4.79 Å². The monoisotopic (exact) mass is 224 g/mol. The molecule has 0 unspecified atom stereocenters. The Bertz CT molecular complexity index is 383. The van der Waals surface area contributed by atoms with Crippen LogP contribution < -0.4 is 10.5 Å². The molecule has 0 saturated carbocycles. The molecule has 0 aliphatic heterocycles. The van der Waals surface area contributed by atoms with E-state index in [9.17, 15) is 14.4 Å². The van der Waals surface area contributed by atoms with Gasteiger partial charge in [0.05, 0.1) is 0 Å². The van der Waals surface area contributed by atoms with Crippen molar-refractivity contribution < 1.29 is 13.9 Å². The predicted octanol–water partition coefficient (Wildman–Crippen LogP) is 0.865. The van der Waals surface area contributed by atoms with E-state index in [1.165, 1.54) is 0 Å². The molecule has 1 amide bonds. The topological polar surface area (TPSA) is 70.0 Å². The van der Waals surface area contributed by atoms with Gasteiger partial charge in [-0.25, -0.2) is 0 Å². The van der Waals surface area contributed by atoms with Gasteiger partial charge in [-0.2, -0.15) is 4.39 Å². The molecule has 2 N–H and O–H groups in total. The van der Waals surface area contributed by atoms with Crippen molar-refractivity contribution in [2.75, 3.05) is 0 Å². The molecule has 0 aliphatic carbocycles. The van der Waals surface area contributed by atoms with E-state index in [-0.39, 0.29) is 4.73 Å². The van der Waals surface area contributed by atoms with E-state index < -0.39 is 27.6 Å². The second-order valence-electron chi connectivity index (χ2n) is 2.15. The first kappa shape index (κ1) is 10.0. The quantitative estimate of drug-likeness (QED) is 0.437. The van der Waals surface area contributed by atoms with Crippen LogP contribution in [0.2, 0.25) is 10.3 Å². The highest BCUT2D eigenvalue weighted by molar-refractivity contribution is 6.33. The van der Waals surface area contributed by atoms with Crippen LogP contribution in [0.1, 0.15) is 10.4 Å². The van der Waals surface area contributed by atoms with E-state index in [1.807, 2.05) is 0 Å². The number of primary amides is 1. The Kier molecular flexibility index (Phi) is 2.58. The zero-order chi connectivity index (χ0) is 10.2. The Morgan fingerprint density at radius 3 is 2.54 bits per heavy atom. The maximum atomic E-state index is 12.8. The molecule has 4 nitrogen and oxygen atoms in total. The summed E-state index contributed by atoms with van der Waals surface area (Å²) < 4.78 is 12.6. The number of carbonyl (C=O) groups is 1. The van der Waals surface area contributed by atoms with Crippen molar-refractivity contribution in [2.24, 2.45) is 5.73 Å². The summed E-state index contributed by atoms with van der Waals surface area (Å²) in [6.45, 7) is 0. The minimum atomic E-state index is -1.05. The maximum absolute atomic E-state index is 12.8. The lowest BCUT2D eigenvalue weighted by molar-refractivity contribution is -0.602. The summed E-state index contributed by atoms with van der Waals surface area (Å²) in [4.78, 5) is 10.6. The van der Waals surface area contributed by atoms with Gasteiger partial charge < -0.3 is 10.9 Å². The first-order valence-electron chi connectivity index (χ1n) is 3.02. The molecule has 1 rings (SSSR count). The fourth-order valence-electron chi connectivity index (χ4n) is 0.711. The molecule has 13 heavy (non-hydrogen) atoms. The largest absolute Gasteiger partial charge is 0.616 e. The van der Waals surface area contributed by atoms with Crippen LogP contribution in [-0.2, 0) is 0 Å². The first-order chi connectivity index (χ1) is 5.95. The molecular formula is C6H3Cl2FN2O2. The molecule has 1 heterocycles. The van der Waals surface area contributed by atoms with E-state index in [4.69, 9.17) is 28.9 Å². The van der Waals surface area contributed by atoms with Gasteiger partial charge in [0.2, 0.25) is 5.82 Å². The van der Waals surface area contributed by atoms with Crippen molar-refractivity contribution in [1.29, 1.82) is 0 Å². The Labute approximate surface area is 82.2 Å². The molecule has 7 heteroatoms. The molecule has 0 bridgehead atoms. The second-order valence-corrected chi connectivity index (χ2v) is 2.86. The number of carbonyl (C=O) groups excluding carboxylic acids is 1. The number of aromatic nitrogens is 1. The van der Waals surface area contributed by atoms with Gasteiger partial charge in [-0.15, -0.1) is 4.73 Å². The van der Waals surface area contributed by atoms with Crippen molar-refractivity contribution in [3.63, 3.8) is 0 Å². The normalized spacial score (nSPS) is 10.1. The Balaban J connectivity index is 3.50. The number of rotatable bonds is 1. The number of nitrogens with zero attached hydrogens (tertiary/aromatic N) is 1. The summed E-state index contributed by atoms with van der Waals surface area (Å²) in [5, 5.41) is 9.65. The van der Waals surface area contributed by atoms with Gasteiger partial charge in [0, 0.05) is 6.07 Å². The number of nitrogens with two attached hydrogens (primary N) is 1. The van der Waals surface area contributed by atoms with Crippen molar-refractivity contribution in [1.82, 2.24) is 0 Å². The molecule has 70 valence electrons. The Hall–Kier alpha value is -1.07. The number of hydrogen-bond donors (Lipinski definition) is 1. The lowest BCUT2D eigenvalue weighted by atomic mass is 10.3. The van der Waals surface area contributed by atoms with E-state index in [1.54, 1.807) is 0 Å². The van der Waals surface area contributed by atoms with E-state index >= 15 is 0 Å². The van der Waals surface area contributed by atoms with Crippen LogP contribution in [0.4, 0.5) is 4.39 Å². The van der Waals surface area contributed by atoms with Gasteiger partial charge in [0.25, 0.3) is 5.91 Å². The summed E-state index contributed by atoms with van der Waals surface area (Å²) >= 11 is 10.6. The standard InChI is InChI=1S/C6H3Cl2FN2O2/c7-4-2(6(10)12)1-3(9)5(8)11(4)13/h1H,(H2,10,12). The van der Waals surface area contributed by atoms with Crippen LogP contribution in [0, 0.1) is 11.0 Å². The van der Waals surface area contributed by atoms with Gasteiger partial charge in [0.15, 0.2) is 0 Å². The number of hydrogen-bond acceptors (Lipinski definition) is 2. The molecule has 0 aromatic carbocycles. The number of halogens is 3. The minimum absolute atomic E-state index is 0.113. The van der Waals surface area contributed by atoms with Crippen molar-refractivity contribution >= 4 is 29.1 Å². The fourth-order valence-corrected chi connectivity index (χ4v) is 1.13. The zero-order valence-electron chi connectivity index (χ0n) is 6.05. The molecular weight excluding hydrogens is 222 g/mol. The Morgan fingerprint density at radius 1 is 1.54 bits per heavy atom. The zero-order valence-corrected chi connectivity index (χ0v) is 7.56. The lowest BCUT2D eigenvalue weighted by Gasteiger charge is -2.03. The van der Waals surface area contributed by atoms with Crippen molar-refractivity contribution in [2.45, 2.75) is 0 Å². The molecule has 0 aliphatic rings. The summed E-state index contributed by atoms with van der Waals surface area (Å²) in [5.41, 5.74) is 4.41. The first-order valence-corrected chi connectivity index (χ1v) is 3.77. The van der Waals surface area contributed by atoms with Gasteiger partial charge in [-0.05, 0) is 23.2 Å². The van der Waals surface area contributed by atoms with E-state index in [2.05, 4.69) is 0 Å². The summed E-state index contributed by atoms with van der Waals surface area (Å²) in [6, 6.07) is 0.710. The summed E-state index contributed by atoms with van der Waals surface area (Å²) in [5.74, 6) is -2.04. The molecule has 0 spiro atoms. The fraction of sp³-hybridized carbons (Fsp3) is 0. The average molecular weight is 225 g/mol. The van der Waals surface area contributed by atoms with Crippen LogP contribution in [0.3, 0.4) is 0 Å². The van der Waals surface area contributed by atoms with E-state index in [0.717, 1.165) is 0 Å². The van der Waals surface area contributed by atoms with Crippen molar-refractivity contribution in [3.8, 4) is 0 Å². The van der Waals surface area contributed by atoms with Crippen LogP contribution in [0.15, 0.2) is 6.07 Å². The predicted molar refractivity (Wildman–Crippen MR) is 43.9 cm³/mol. The van der Waals surface area contributed by atoms with Crippen LogP contribution >= 0.6 is 23.2 Å². The van der Waals surface area contributed by atoms with E-state index in [0.29, 0.717) is 6.07 Å². The SMILES string of the molecule is NC(=O)c1cc(F)c(Cl)[n+]([O-])c1Cl. The highest BCUT2D eigenvalue weighted by Crippen LogP contribution is 2.17. The second kappa shape index (κ2) is 3.35. The van der Waals surface area contributed by atoms with Gasteiger partial charge >= 0.3 is 10.3 Å². The third kappa shape index (κ3) is 1.66. The lowest BCUT2D eigenvalue weighted by Crippen LogP contribution is -2.33. The third-order valence-electron chi connectivity index (χ3n) is 1.31. The third-order valence-corrected chi connectivity index (χ3v) is 2.00. The Morgan fingerprint density at radius 2 is 2.08 bits per heavy atom. The summed E-state index contributed by atoms with van der Waals surface area (Å²) in [7, 11) is 0. The smallest absolute Gasteiger partial charge is 0.323 e. The number of pyridine rings is 1. The highest BCUT2D eigenvalue weighted by Gasteiger charge is 2.22. The summed E-state index contributed by atoms with van der Waals surface area (Å²) in [6.07, 6.45) is 0. The molecule has 0 radical (unpaired) electrons. The molecule has 0 atom stereocenters. The highest BCUT2D eigenvalue weighted by atomic mass is 35.5. The van der Waals surface area contributed by atoms with Gasteiger partial charge in [-0.1, -0.05) is 0 Å². The minimum Gasteiger partial charge on any atom is -0.616 e. The van der Waals surface area contributed by atoms with Crippen LogP contribution in [-0.4, -0.2) is 5.91 Å². The van der Waals surface area contributed by atoms with Gasteiger partial charge in [0.1, 0.15) is 5.56 Å². The molecule has 1 aromatic heterocycles. The maximum Gasteiger partial charge on any atom is 0.323 e. The van der Waals surface area contributed by atoms with Crippen LogP contribution in [0.5, 0.6) is 0 Å². The number of amides is 1. The van der Waals surface area contributed by atoms with Crippen molar-refractivity contribution in [3.05, 3.63) is 33.0 Å².